The average Bonchev–Trinajstić information content (AvgIpc) is 2.42. The van der Waals surface area contributed by atoms with E-state index in [0.717, 1.165) is 12.1 Å². The van der Waals surface area contributed by atoms with Crippen LogP contribution in [0.25, 0.3) is 0 Å². The fourth-order valence-electron chi connectivity index (χ4n) is 3.08. The maximum atomic E-state index is 13.3. The van der Waals surface area contributed by atoms with E-state index in [0.29, 0.717) is 29.3 Å². The normalized spacial score (nSPS) is 20.4. The minimum atomic E-state index is -2.49. The third-order valence-electron chi connectivity index (χ3n) is 4.28. The minimum absolute atomic E-state index is 0.0180. The van der Waals surface area contributed by atoms with Crippen molar-refractivity contribution in [2.45, 2.75) is 51.0 Å². The molecule has 0 spiro atoms. The van der Waals surface area contributed by atoms with Gasteiger partial charge in [-0.1, -0.05) is 36.2 Å². The highest BCUT2D eigenvalue weighted by Gasteiger charge is 2.37. The molecule has 1 aliphatic rings. The molecule has 118 valence electrons. The van der Waals surface area contributed by atoms with Gasteiger partial charge >= 0.3 is 0 Å². The highest BCUT2D eigenvalue weighted by molar-refractivity contribution is 6.36. The van der Waals surface area contributed by atoms with Gasteiger partial charge in [0.05, 0.1) is 0 Å². The molecule has 1 unspecified atom stereocenters. The van der Waals surface area contributed by atoms with E-state index in [1.165, 1.54) is 0 Å². The quantitative estimate of drug-likeness (QED) is 0.765. The van der Waals surface area contributed by atoms with Gasteiger partial charge in [0, 0.05) is 28.9 Å². The zero-order chi connectivity index (χ0) is 15.5. The Bertz CT molecular complexity index is 449. The van der Waals surface area contributed by atoms with Gasteiger partial charge < -0.3 is 5.32 Å². The van der Waals surface area contributed by atoms with Crippen LogP contribution in [0.4, 0.5) is 8.78 Å². The zero-order valence-electron chi connectivity index (χ0n) is 12.1. The number of hydrogen-bond donors (Lipinski definition) is 1. The lowest BCUT2D eigenvalue weighted by atomic mass is 9.80. The van der Waals surface area contributed by atoms with Crippen molar-refractivity contribution in [3.05, 3.63) is 33.8 Å². The van der Waals surface area contributed by atoms with Crippen LogP contribution in [0.2, 0.25) is 10.0 Å². The highest BCUT2D eigenvalue weighted by Crippen LogP contribution is 2.38. The Labute approximate surface area is 135 Å². The summed E-state index contributed by atoms with van der Waals surface area (Å²) in [4.78, 5) is 0. The summed E-state index contributed by atoms with van der Waals surface area (Å²) in [6, 6.07) is 5.60. The lowest BCUT2D eigenvalue weighted by molar-refractivity contribution is -0.0494. The molecular formula is C16H21Cl2F2N. The molecule has 1 aromatic rings. The van der Waals surface area contributed by atoms with Crippen LogP contribution < -0.4 is 5.32 Å². The number of nitrogens with one attached hydrogen (secondary N) is 1. The molecule has 1 atom stereocenters. The lowest BCUT2D eigenvalue weighted by Gasteiger charge is -2.34. The van der Waals surface area contributed by atoms with Gasteiger partial charge in [-0.2, -0.15) is 0 Å². The van der Waals surface area contributed by atoms with Crippen molar-refractivity contribution in [2.75, 3.05) is 6.54 Å². The van der Waals surface area contributed by atoms with E-state index in [4.69, 9.17) is 23.2 Å². The maximum absolute atomic E-state index is 13.3. The molecule has 0 amide bonds. The van der Waals surface area contributed by atoms with E-state index in [2.05, 4.69) is 5.32 Å². The van der Waals surface area contributed by atoms with Crippen LogP contribution in [0.3, 0.4) is 0 Å². The van der Waals surface area contributed by atoms with Gasteiger partial charge in [0.1, 0.15) is 0 Å². The second kappa shape index (κ2) is 7.26. The average molecular weight is 336 g/mol. The van der Waals surface area contributed by atoms with Crippen LogP contribution in [-0.4, -0.2) is 18.5 Å². The monoisotopic (exact) mass is 335 g/mol. The standard InChI is InChI=1S/C16H21Cl2F2N/c1-2-21-15(11-6-8-16(19,20)9-7-11)10-12-13(17)4-3-5-14(12)18/h3-5,11,15,21H,2,6-10H2,1H3. The van der Waals surface area contributed by atoms with Crippen molar-refractivity contribution < 1.29 is 8.78 Å². The molecule has 0 heterocycles. The van der Waals surface area contributed by atoms with Gasteiger partial charge in [-0.05, 0) is 49.4 Å². The van der Waals surface area contributed by atoms with E-state index in [1.54, 1.807) is 0 Å². The molecule has 5 heteroatoms. The molecule has 1 fully saturated rings. The molecule has 2 rings (SSSR count). The van der Waals surface area contributed by atoms with E-state index >= 15 is 0 Å². The molecule has 0 saturated heterocycles. The highest BCUT2D eigenvalue weighted by atomic mass is 35.5. The molecule has 0 aromatic heterocycles. The molecule has 1 saturated carbocycles. The Balaban J connectivity index is 2.09. The van der Waals surface area contributed by atoms with E-state index in [-0.39, 0.29) is 24.8 Å². The number of hydrogen-bond acceptors (Lipinski definition) is 1. The summed E-state index contributed by atoms with van der Waals surface area (Å²) >= 11 is 12.5. The zero-order valence-corrected chi connectivity index (χ0v) is 13.7. The van der Waals surface area contributed by atoms with E-state index in [9.17, 15) is 8.78 Å². The van der Waals surface area contributed by atoms with Crippen LogP contribution in [0.5, 0.6) is 0 Å². The summed E-state index contributed by atoms with van der Waals surface area (Å²) in [7, 11) is 0. The predicted molar refractivity (Wildman–Crippen MR) is 84.5 cm³/mol. The summed E-state index contributed by atoms with van der Waals surface area (Å²) in [5.74, 6) is -2.24. The Hall–Kier alpha value is -0.380. The summed E-state index contributed by atoms with van der Waals surface area (Å²) in [6.07, 6.45) is 1.74. The fraction of sp³-hybridized carbons (Fsp3) is 0.625. The molecule has 1 aromatic carbocycles. The third kappa shape index (κ3) is 4.54. The first-order valence-electron chi connectivity index (χ1n) is 7.47. The predicted octanol–water partition coefficient (Wildman–Crippen LogP) is 5.34. The molecule has 21 heavy (non-hydrogen) atoms. The van der Waals surface area contributed by atoms with Crippen LogP contribution in [0, 0.1) is 5.92 Å². The van der Waals surface area contributed by atoms with Gasteiger partial charge in [0.2, 0.25) is 5.92 Å². The van der Waals surface area contributed by atoms with Gasteiger partial charge in [0.25, 0.3) is 0 Å². The number of rotatable bonds is 5. The summed E-state index contributed by atoms with van der Waals surface area (Å²) < 4.78 is 26.6. The van der Waals surface area contributed by atoms with Crippen LogP contribution in [0.1, 0.15) is 38.2 Å². The number of benzene rings is 1. The molecule has 1 nitrogen and oxygen atoms in total. The van der Waals surface area contributed by atoms with Gasteiger partial charge in [-0.3, -0.25) is 0 Å². The Morgan fingerprint density at radius 1 is 1.24 bits per heavy atom. The first-order valence-corrected chi connectivity index (χ1v) is 8.22. The SMILES string of the molecule is CCNC(Cc1c(Cl)cccc1Cl)C1CCC(F)(F)CC1. The second-order valence-electron chi connectivity index (χ2n) is 5.76. The van der Waals surface area contributed by atoms with Crippen molar-refractivity contribution in [1.29, 1.82) is 0 Å². The molecule has 0 bridgehead atoms. The minimum Gasteiger partial charge on any atom is -0.314 e. The van der Waals surface area contributed by atoms with Gasteiger partial charge in [-0.15, -0.1) is 0 Å². The Morgan fingerprint density at radius 2 is 1.81 bits per heavy atom. The number of halogens is 4. The Kier molecular flexibility index (Phi) is 5.87. The smallest absolute Gasteiger partial charge is 0.248 e. The van der Waals surface area contributed by atoms with E-state index < -0.39 is 5.92 Å². The first kappa shape index (κ1) is 17.0. The van der Waals surface area contributed by atoms with Crippen LogP contribution >= 0.6 is 23.2 Å². The molecule has 0 radical (unpaired) electrons. The number of likely N-dealkylation sites (N-methyl/N-ethyl adjacent to an activating group) is 1. The van der Waals surface area contributed by atoms with Crippen molar-refractivity contribution in [1.82, 2.24) is 5.32 Å². The summed E-state index contributed by atoms with van der Waals surface area (Å²) in [6.45, 7) is 2.83. The lowest BCUT2D eigenvalue weighted by Crippen LogP contribution is -2.41. The molecule has 1 aliphatic carbocycles. The summed E-state index contributed by atoms with van der Waals surface area (Å²) in [5, 5.41) is 4.71. The topological polar surface area (TPSA) is 12.0 Å². The first-order chi connectivity index (χ1) is 9.93. The Morgan fingerprint density at radius 3 is 2.33 bits per heavy atom. The maximum Gasteiger partial charge on any atom is 0.248 e. The van der Waals surface area contributed by atoms with Crippen molar-refractivity contribution in [2.24, 2.45) is 5.92 Å². The number of alkyl halides is 2. The van der Waals surface area contributed by atoms with Gasteiger partial charge in [0.15, 0.2) is 0 Å². The van der Waals surface area contributed by atoms with Crippen molar-refractivity contribution in [3.63, 3.8) is 0 Å². The van der Waals surface area contributed by atoms with E-state index in [1.807, 2.05) is 25.1 Å². The largest absolute Gasteiger partial charge is 0.314 e. The molecule has 0 aliphatic heterocycles. The van der Waals surface area contributed by atoms with Gasteiger partial charge in [-0.25, -0.2) is 8.78 Å². The summed E-state index contributed by atoms with van der Waals surface area (Å²) in [5.41, 5.74) is 0.907. The molecule has 1 N–H and O–H groups in total. The fourth-order valence-corrected chi connectivity index (χ4v) is 3.63. The van der Waals surface area contributed by atoms with Crippen molar-refractivity contribution in [3.8, 4) is 0 Å². The molecular weight excluding hydrogens is 315 g/mol. The van der Waals surface area contributed by atoms with Crippen LogP contribution in [-0.2, 0) is 6.42 Å². The van der Waals surface area contributed by atoms with Crippen molar-refractivity contribution >= 4 is 23.2 Å². The van der Waals surface area contributed by atoms with Crippen LogP contribution in [0.15, 0.2) is 18.2 Å². The third-order valence-corrected chi connectivity index (χ3v) is 4.99. The second-order valence-corrected chi connectivity index (χ2v) is 6.58.